The molecule has 7 heteroatoms. The molecule has 0 spiro atoms. The van der Waals surface area contributed by atoms with Crippen molar-refractivity contribution in [1.82, 2.24) is 4.98 Å². The summed E-state index contributed by atoms with van der Waals surface area (Å²) in [6.45, 7) is 0. The average Bonchev–Trinajstić information content (AvgIpc) is 3.21. The molecule has 5 nitrogen and oxygen atoms in total. The third-order valence-electron chi connectivity index (χ3n) is 4.03. The number of hydrogen-bond acceptors (Lipinski definition) is 6. The van der Waals surface area contributed by atoms with E-state index in [-0.39, 0.29) is 0 Å². The van der Waals surface area contributed by atoms with Gasteiger partial charge in [-0.3, -0.25) is 0 Å². The SMILES string of the molecule is COc1cc(OC)c(OC)cc1/C=C(/C#N)c1nc(-c2ccc(Cl)cc2)cs1. The third kappa shape index (κ3) is 4.11. The highest BCUT2D eigenvalue weighted by atomic mass is 35.5. The van der Waals surface area contributed by atoms with Gasteiger partial charge >= 0.3 is 0 Å². The van der Waals surface area contributed by atoms with Crippen LogP contribution in [0.3, 0.4) is 0 Å². The summed E-state index contributed by atoms with van der Waals surface area (Å²) in [4.78, 5) is 4.60. The number of allylic oxidation sites excluding steroid dienone is 1. The molecule has 2 aromatic carbocycles. The molecule has 1 aromatic heterocycles. The van der Waals surface area contributed by atoms with E-state index in [2.05, 4.69) is 11.1 Å². The van der Waals surface area contributed by atoms with Gasteiger partial charge < -0.3 is 14.2 Å². The monoisotopic (exact) mass is 412 g/mol. The van der Waals surface area contributed by atoms with Crippen LogP contribution in [0.2, 0.25) is 5.02 Å². The summed E-state index contributed by atoms with van der Waals surface area (Å²) in [6.07, 6.45) is 1.73. The molecule has 0 N–H and O–H groups in total. The highest BCUT2D eigenvalue weighted by Crippen LogP contribution is 2.37. The molecule has 0 aliphatic carbocycles. The van der Waals surface area contributed by atoms with E-state index < -0.39 is 0 Å². The summed E-state index contributed by atoms with van der Waals surface area (Å²) in [7, 11) is 4.68. The molecule has 0 bridgehead atoms. The van der Waals surface area contributed by atoms with E-state index in [9.17, 15) is 5.26 Å². The molecule has 1 heterocycles. The van der Waals surface area contributed by atoms with Gasteiger partial charge in [-0.15, -0.1) is 11.3 Å². The summed E-state index contributed by atoms with van der Waals surface area (Å²) < 4.78 is 16.1. The number of methoxy groups -OCH3 is 3. The Morgan fingerprint density at radius 3 is 2.29 bits per heavy atom. The van der Waals surface area contributed by atoms with Crippen LogP contribution in [0, 0.1) is 11.3 Å². The quantitative estimate of drug-likeness (QED) is 0.496. The Hall–Kier alpha value is -3.01. The fourth-order valence-corrected chi connectivity index (χ4v) is 3.53. The number of benzene rings is 2. The number of nitrogens with zero attached hydrogens (tertiary/aromatic N) is 2. The molecule has 0 fully saturated rings. The van der Waals surface area contributed by atoms with Crippen LogP contribution in [0.4, 0.5) is 0 Å². The first-order chi connectivity index (χ1) is 13.6. The third-order valence-corrected chi connectivity index (χ3v) is 5.16. The van der Waals surface area contributed by atoms with Crippen LogP contribution in [-0.4, -0.2) is 26.3 Å². The predicted molar refractivity (Wildman–Crippen MR) is 112 cm³/mol. The summed E-state index contributed by atoms with van der Waals surface area (Å²) >= 11 is 7.34. The van der Waals surface area contributed by atoms with Gasteiger partial charge in [0.15, 0.2) is 11.5 Å². The Morgan fingerprint density at radius 2 is 1.68 bits per heavy atom. The van der Waals surface area contributed by atoms with Crippen molar-refractivity contribution in [2.24, 2.45) is 0 Å². The molecule has 0 amide bonds. The Morgan fingerprint density at radius 1 is 1.04 bits per heavy atom. The second-order valence-corrected chi connectivity index (χ2v) is 6.96. The van der Waals surface area contributed by atoms with Gasteiger partial charge in [0.25, 0.3) is 0 Å². The number of ether oxygens (including phenoxy) is 3. The van der Waals surface area contributed by atoms with Crippen molar-refractivity contribution >= 4 is 34.6 Å². The molecule has 0 atom stereocenters. The predicted octanol–water partition coefficient (Wildman–Crippen LogP) is 5.55. The van der Waals surface area contributed by atoms with E-state index in [0.717, 1.165) is 11.3 Å². The normalized spacial score (nSPS) is 11.0. The summed E-state index contributed by atoms with van der Waals surface area (Å²) in [5, 5.41) is 12.9. The summed E-state index contributed by atoms with van der Waals surface area (Å²) in [5.41, 5.74) is 2.85. The maximum Gasteiger partial charge on any atom is 0.164 e. The van der Waals surface area contributed by atoms with Gasteiger partial charge in [-0.25, -0.2) is 4.98 Å². The highest BCUT2D eigenvalue weighted by Gasteiger charge is 2.14. The van der Waals surface area contributed by atoms with Gasteiger partial charge in [0.05, 0.1) is 32.6 Å². The minimum absolute atomic E-state index is 0.427. The fraction of sp³-hybridized carbons (Fsp3) is 0.143. The van der Waals surface area contributed by atoms with Gasteiger partial charge in [0.1, 0.15) is 16.8 Å². The zero-order valence-electron chi connectivity index (χ0n) is 15.5. The molecule has 142 valence electrons. The van der Waals surface area contributed by atoms with Crippen molar-refractivity contribution in [1.29, 1.82) is 5.26 Å². The molecule has 0 unspecified atom stereocenters. The van der Waals surface area contributed by atoms with Crippen LogP contribution in [0.1, 0.15) is 10.6 Å². The maximum atomic E-state index is 9.68. The molecular weight excluding hydrogens is 396 g/mol. The topological polar surface area (TPSA) is 64.4 Å². The largest absolute Gasteiger partial charge is 0.496 e. The van der Waals surface area contributed by atoms with Crippen LogP contribution < -0.4 is 14.2 Å². The molecule has 28 heavy (non-hydrogen) atoms. The van der Waals surface area contributed by atoms with Crippen LogP contribution >= 0.6 is 22.9 Å². The van der Waals surface area contributed by atoms with Crippen molar-refractivity contribution in [3.63, 3.8) is 0 Å². The fourth-order valence-electron chi connectivity index (χ4n) is 2.61. The number of thiazole rings is 1. The van der Waals surface area contributed by atoms with Gasteiger partial charge in [-0.05, 0) is 24.3 Å². The van der Waals surface area contributed by atoms with E-state index in [4.69, 9.17) is 25.8 Å². The van der Waals surface area contributed by atoms with Crippen LogP contribution in [0.5, 0.6) is 17.2 Å². The molecule has 0 aliphatic rings. The van der Waals surface area contributed by atoms with E-state index >= 15 is 0 Å². The average molecular weight is 413 g/mol. The lowest BCUT2D eigenvalue weighted by Gasteiger charge is -2.12. The van der Waals surface area contributed by atoms with Gasteiger partial charge in [0, 0.05) is 27.6 Å². The van der Waals surface area contributed by atoms with Crippen LogP contribution in [-0.2, 0) is 0 Å². The van der Waals surface area contributed by atoms with Crippen molar-refractivity contribution in [2.75, 3.05) is 21.3 Å². The second-order valence-electron chi connectivity index (χ2n) is 5.66. The molecule has 0 aliphatic heterocycles. The second kappa shape index (κ2) is 8.79. The van der Waals surface area contributed by atoms with E-state index in [0.29, 0.717) is 38.4 Å². The number of halogens is 1. The number of nitriles is 1. The van der Waals surface area contributed by atoms with Gasteiger partial charge in [0.2, 0.25) is 0 Å². The number of hydrogen-bond donors (Lipinski definition) is 0. The van der Waals surface area contributed by atoms with Crippen molar-refractivity contribution in [3.8, 4) is 34.6 Å². The number of rotatable bonds is 6. The maximum absolute atomic E-state index is 9.68. The first-order valence-electron chi connectivity index (χ1n) is 8.23. The van der Waals surface area contributed by atoms with E-state index in [1.165, 1.54) is 11.3 Å². The van der Waals surface area contributed by atoms with Gasteiger partial charge in [-0.1, -0.05) is 23.7 Å². The molecular formula is C21H17ClN2O3S. The van der Waals surface area contributed by atoms with Crippen LogP contribution in [0.25, 0.3) is 22.9 Å². The number of aromatic nitrogens is 1. The first kappa shape index (κ1) is 19.7. The summed E-state index contributed by atoms with van der Waals surface area (Å²) in [6, 6.07) is 13.1. The van der Waals surface area contributed by atoms with Crippen molar-refractivity contribution < 1.29 is 14.2 Å². The summed E-state index contributed by atoms with van der Waals surface area (Å²) in [5.74, 6) is 1.67. The van der Waals surface area contributed by atoms with Gasteiger partial charge in [-0.2, -0.15) is 5.26 Å². The Bertz CT molecular complexity index is 1050. The first-order valence-corrected chi connectivity index (χ1v) is 9.49. The standard InChI is InChI=1S/C21H17ClN2O3S/c1-25-18-10-20(27-3)19(26-2)9-14(18)8-15(11-23)21-24-17(12-28-21)13-4-6-16(22)7-5-13/h4-10,12H,1-3H3/b15-8-. The molecule has 0 saturated heterocycles. The zero-order valence-corrected chi connectivity index (χ0v) is 17.1. The lowest BCUT2D eigenvalue weighted by atomic mass is 10.1. The minimum Gasteiger partial charge on any atom is -0.496 e. The van der Waals surface area contributed by atoms with Crippen molar-refractivity contribution in [3.05, 3.63) is 57.4 Å². The smallest absolute Gasteiger partial charge is 0.164 e. The van der Waals surface area contributed by atoms with Crippen LogP contribution in [0.15, 0.2) is 41.8 Å². The Balaban J connectivity index is 2.01. The van der Waals surface area contributed by atoms with E-state index in [1.807, 2.05) is 29.6 Å². The zero-order chi connectivity index (χ0) is 20.1. The minimum atomic E-state index is 0.427. The van der Waals surface area contributed by atoms with E-state index in [1.54, 1.807) is 39.5 Å². The van der Waals surface area contributed by atoms with Crippen molar-refractivity contribution in [2.45, 2.75) is 0 Å². The molecule has 3 aromatic rings. The Labute approximate surface area is 172 Å². The lowest BCUT2D eigenvalue weighted by molar-refractivity contribution is 0.348. The molecule has 0 radical (unpaired) electrons. The molecule has 3 rings (SSSR count). The highest BCUT2D eigenvalue weighted by molar-refractivity contribution is 7.11. The lowest BCUT2D eigenvalue weighted by Crippen LogP contribution is -1.95. The Kier molecular flexibility index (Phi) is 6.19. The molecule has 0 saturated carbocycles.